The molecule has 0 unspecified atom stereocenters. The van der Waals surface area contributed by atoms with Crippen LogP contribution in [0.25, 0.3) is 0 Å². The summed E-state index contributed by atoms with van der Waals surface area (Å²) in [5.41, 5.74) is 8.39. The van der Waals surface area contributed by atoms with E-state index in [0.717, 1.165) is 11.3 Å². The van der Waals surface area contributed by atoms with Crippen molar-refractivity contribution >= 4 is 28.7 Å². The second kappa shape index (κ2) is 5.40. The number of aromatic nitrogens is 1. The first kappa shape index (κ1) is 14.2. The summed E-state index contributed by atoms with van der Waals surface area (Å²) in [6.07, 6.45) is 1.51. The summed E-state index contributed by atoms with van der Waals surface area (Å²) in [5, 5.41) is 12.7. The number of halogens is 1. The molecule has 1 aromatic carbocycles. The van der Waals surface area contributed by atoms with Gasteiger partial charge in [0.2, 0.25) is 0 Å². The van der Waals surface area contributed by atoms with Gasteiger partial charge in [0.05, 0.1) is 29.1 Å². The highest BCUT2D eigenvalue weighted by Gasteiger charge is 2.19. The molecule has 0 aliphatic rings. The summed E-state index contributed by atoms with van der Waals surface area (Å²) in [5.74, 6) is 0. The van der Waals surface area contributed by atoms with E-state index in [1.165, 1.54) is 6.20 Å². The van der Waals surface area contributed by atoms with E-state index in [4.69, 9.17) is 22.6 Å². The first-order valence-corrected chi connectivity index (χ1v) is 6.50. The lowest BCUT2D eigenvalue weighted by molar-refractivity contribution is 0.687. The number of nitriles is 1. The second-order valence-corrected chi connectivity index (χ2v) is 5.42. The van der Waals surface area contributed by atoms with Crippen molar-refractivity contribution in [3.05, 3.63) is 47.2 Å². The van der Waals surface area contributed by atoms with E-state index >= 15 is 0 Å². The van der Waals surface area contributed by atoms with Gasteiger partial charge in [-0.15, -0.1) is 0 Å². The molecule has 0 aliphatic heterocycles. The summed E-state index contributed by atoms with van der Waals surface area (Å²) >= 11 is 5.84. The number of benzene rings is 1. The zero-order valence-corrected chi connectivity index (χ0v) is 12.1. The molecule has 1 heterocycles. The molecule has 20 heavy (non-hydrogen) atoms. The van der Waals surface area contributed by atoms with Crippen molar-refractivity contribution in [3.8, 4) is 6.07 Å². The molecule has 0 amide bonds. The fraction of sp³-hybridized carbons (Fsp3) is 0.200. The van der Waals surface area contributed by atoms with Crippen molar-refractivity contribution < 1.29 is 0 Å². The largest absolute Gasteiger partial charge is 0.396 e. The molecule has 0 saturated carbocycles. The van der Waals surface area contributed by atoms with Gasteiger partial charge in [0.15, 0.2) is 0 Å². The van der Waals surface area contributed by atoms with Gasteiger partial charge in [0.25, 0.3) is 0 Å². The van der Waals surface area contributed by atoms with Gasteiger partial charge >= 0.3 is 0 Å². The number of nitrogens with zero attached hydrogens (tertiary/aromatic N) is 2. The number of nitrogen functional groups attached to an aromatic ring is 1. The van der Waals surface area contributed by atoms with Crippen LogP contribution in [0.15, 0.2) is 36.5 Å². The number of pyridine rings is 1. The maximum Gasteiger partial charge on any atom is 0.131 e. The van der Waals surface area contributed by atoms with Crippen LogP contribution in [0.4, 0.5) is 17.1 Å². The van der Waals surface area contributed by atoms with Crippen molar-refractivity contribution in [1.82, 2.24) is 4.98 Å². The van der Waals surface area contributed by atoms with E-state index in [0.29, 0.717) is 16.5 Å². The van der Waals surface area contributed by atoms with Gasteiger partial charge in [-0.25, -0.2) is 4.98 Å². The van der Waals surface area contributed by atoms with Gasteiger partial charge in [0.1, 0.15) is 5.15 Å². The van der Waals surface area contributed by atoms with Crippen LogP contribution in [0.3, 0.4) is 0 Å². The smallest absolute Gasteiger partial charge is 0.131 e. The summed E-state index contributed by atoms with van der Waals surface area (Å²) in [6, 6.07) is 11.6. The minimum Gasteiger partial charge on any atom is -0.396 e. The van der Waals surface area contributed by atoms with E-state index < -0.39 is 5.41 Å². The molecule has 2 rings (SSSR count). The molecule has 0 atom stereocenters. The highest BCUT2D eigenvalue weighted by molar-refractivity contribution is 6.29. The summed E-state index contributed by atoms with van der Waals surface area (Å²) in [7, 11) is 0. The number of hydrogen-bond acceptors (Lipinski definition) is 4. The zero-order valence-electron chi connectivity index (χ0n) is 11.3. The third-order valence-corrected chi connectivity index (χ3v) is 3.27. The Bertz CT molecular complexity index is 657. The van der Waals surface area contributed by atoms with E-state index in [1.807, 2.05) is 38.1 Å². The Morgan fingerprint density at radius 3 is 2.55 bits per heavy atom. The fourth-order valence-electron chi connectivity index (χ4n) is 1.74. The summed E-state index contributed by atoms with van der Waals surface area (Å²) < 4.78 is 0. The Labute approximate surface area is 123 Å². The Kier molecular flexibility index (Phi) is 3.82. The average molecular weight is 287 g/mol. The average Bonchev–Trinajstić information content (AvgIpc) is 2.43. The van der Waals surface area contributed by atoms with Crippen LogP contribution in [0.1, 0.15) is 19.4 Å². The third-order valence-electron chi connectivity index (χ3n) is 3.07. The molecule has 3 N–H and O–H groups in total. The molecular weight excluding hydrogens is 272 g/mol. The molecule has 0 aliphatic carbocycles. The van der Waals surface area contributed by atoms with Crippen LogP contribution in [0, 0.1) is 11.3 Å². The third kappa shape index (κ3) is 3.01. The number of rotatable bonds is 3. The van der Waals surface area contributed by atoms with Gasteiger partial charge < -0.3 is 11.1 Å². The molecule has 0 saturated heterocycles. The molecule has 102 valence electrons. The Morgan fingerprint density at radius 1 is 1.30 bits per heavy atom. The predicted octanol–water partition coefficient (Wildman–Crippen LogP) is 3.86. The molecule has 0 spiro atoms. The van der Waals surface area contributed by atoms with Gasteiger partial charge in [-0.2, -0.15) is 5.26 Å². The highest BCUT2D eigenvalue weighted by Crippen LogP contribution is 2.27. The molecule has 0 radical (unpaired) electrons. The summed E-state index contributed by atoms with van der Waals surface area (Å²) in [4.78, 5) is 3.90. The van der Waals surface area contributed by atoms with Crippen LogP contribution in [-0.4, -0.2) is 4.98 Å². The van der Waals surface area contributed by atoms with Gasteiger partial charge in [-0.1, -0.05) is 23.7 Å². The number of hydrogen-bond donors (Lipinski definition) is 2. The van der Waals surface area contributed by atoms with Crippen LogP contribution in [-0.2, 0) is 5.41 Å². The molecule has 2 aromatic rings. The lowest BCUT2D eigenvalue weighted by Gasteiger charge is -2.16. The predicted molar refractivity (Wildman–Crippen MR) is 82.0 cm³/mol. The molecule has 1 aromatic heterocycles. The minimum atomic E-state index is -0.502. The van der Waals surface area contributed by atoms with Crippen molar-refractivity contribution in [1.29, 1.82) is 5.26 Å². The first-order chi connectivity index (χ1) is 9.42. The lowest BCUT2D eigenvalue weighted by atomic mass is 9.86. The topological polar surface area (TPSA) is 74.7 Å². The number of anilines is 3. The van der Waals surface area contributed by atoms with Gasteiger partial charge in [-0.3, -0.25) is 0 Å². The maximum absolute atomic E-state index is 9.12. The Morgan fingerprint density at radius 2 is 1.95 bits per heavy atom. The van der Waals surface area contributed by atoms with E-state index in [2.05, 4.69) is 16.4 Å². The molecule has 0 fully saturated rings. The van der Waals surface area contributed by atoms with Crippen LogP contribution < -0.4 is 11.1 Å². The van der Waals surface area contributed by atoms with Crippen LogP contribution >= 0.6 is 11.6 Å². The number of nitrogens with two attached hydrogens (primary N) is 1. The quantitative estimate of drug-likeness (QED) is 0.840. The summed E-state index contributed by atoms with van der Waals surface area (Å²) in [6.45, 7) is 3.77. The standard InChI is InChI=1S/C15H15ClN4/c1-15(2,9-17)10-3-5-11(6-4-10)20-13-7-14(16)19-8-12(13)18/h3-8H,18H2,1-2H3,(H,19,20). The zero-order chi connectivity index (χ0) is 14.8. The van der Waals surface area contributed by atoms with Crippen LogP contribution in [0.2, 0.25) is 5.15 Å². The molecular formula is C15H15ClN4. The second-order valence-electron chi connectivity index (χ2n) is 5.03. The van der Waals surface area contributed by atoms with Crippen molar-refractivity contribution in [2.24, 2.45) is 0 Å². The van der Waals surface area contributed by atoms with Crippen LogP contribution in [0.5, 0.6) is 0 Å². The van der Waals surface area contributed by atoms with Crippen molar-refractivity contribution in [2.75, 3.05) is 11.1 Å². The molecule has 4 nitrogen and oxygen atoms in total. The Hall–Kier alpha value is -2.25. The molecule has 0 bridgehead atoms. The van der Waals surface area contributed by atoms with E-state index in [9.17, 15) is 0 Å². The lowest BCUT2D eigenvalue weighted by Crippen LogP contribution is -2.13. The van der Waals surface area contributed by atoms with E-state index in [-0.39, 0.29) is 0 Å². The fourth-order valence-corrected chi connectivity index (χ4v) is 1.90. The SMILES string of the molecule is CC(C)(C#N)c1ccc(Nc2cc(Cl)ncc2N)cc1. The number of nitrogens with one attached hydrogen (secondary N) is 1. The highest BCUT2D eigenvalue weighted by atomic mass is 35.5. The maximum atomic E-state index is 9.12. The van der Waals surface area contributed by atoms with Crippen molar-refractivity contribution in [2.45, 2.75) is 19.3 Å². The Balaban J connectivity index is 2.24. The molecule has 5 heteroatoms. The van der Waals surface area contributed by atoms with Gasteiger partial charge in [-0.05, 0) is 31.5 Å². The minimum absolute atomic E-state index is 0.379. The normalized spacial score (nSPS) is 10.9. The van der Waals surface area contributed by atoms with Gasteiger partial charge in [0, 0.05) is 11.8 Å². The first-order valence-electron chi connectivity index (χ1n) is 6.12. The monoisotopic (exact) mass is 286 g/mol. The van der Waals surface area contributed by atoms with E-state index in [1.54, 1.807) is 6.07 Å². The van der Waals surface area contributed by atoms with Crippen molar-refractivity contribution in [3.63, 3.8) is 0 Å².